The normalized spacial score (nSPS) is 14.8. The molecule has 0 radical (unpaired) electrons. The van der Waals surface area contributed by atoms with Gasteiger partial charge < -0.3 is 10.1 Å². The molecular formula is C21H28N2O2. The molecule has 1 aromatic carbocycles. The lowest BCUT2D eigenvalue weighted by Crippen LogP contribution is -1.97. The van der Waals surface area contributed by atoms with E-state index in [1.54, 1.807) is 12.1 Å². The molecule has 3 rings (SSSR count). The zero-order valence-corrected chi connectivity index (χ0v) is 15.2. The van der Waals surface area contributed by atoms with E-state index in [1.807, 2.05) is 26.2 Å². The van der Waals surface area contributed by atoms with Crippen molar-refractivity contribution in [2.75, 3.05) is 14.1 Å². The van der Waals surface area contributed by atoms with Crippen molar-refractivity contribution >= 4 is 6.29 Å². The molecule has 0 spiro atoms. The summed E-state index contributed by atoms with van der Waals surface area (Å²) in [5, 5.41) is 2.75. The molecule has 1 aliphatic rings. The molecule has 1 fully saturated rings. The van der Waals surface area contributed by atoms with Gasteiger partial charge in [-0.15, -0.1) is 0 Å². The zero-order chi connectivity index (χ0) is 17.9. The number of carbonyl (C=O) groups is 1. The van der Waals surface area contributed by atoms with E-state index in [0.717, 1.165) is 12.0 Å². The first-order valence-corrected chi connectivity index (χ1v) is 9.04. The first kappa shape index (κ1) is 19.1. The molecule has 25 heavy (non-hydrogen) atoms. The van der Waals surface area contributed by atoms with Crippen LogP contribution in [0.3, 0.4) is 0 Å². The van der Waals surface area contributed by atoms with E-state index in [0.29, 0.717) is 17.4 Å². The van der Waals surface area contributed by atoms with Gasteiger partial charge in [-0.2, -0.15) is 0 Å². The van der Waals surface area contributed by atoms with Gasteiger partial charge in [-0.25, -0.2) is 4.98 Å². The van der Waals surface area contributed by atoms with Gasteiger partial charge in [-0.05, 0) is 56.6 Å². The minimum absolute atomic E-state index is 0.507. The second kappa shape index (κ2) is 10.6. The number of aromatic nitrogens is 1. The second-order valence-electron chi connectivity index (χ2n) is 6.41. The largest absolute Gasteiger partial charge is 0.439 e. The lowest BCUT2D eigenvalue weighted by atomic mass is 9.92. The third-order valence-corrected chi connectivity index (χ3v) is 4.32. The van der Waals surface area contributed by atoms with E-state index < -0.39 is 0 Å². The minimum atomic E-state index is 0.507. The molecule has 0 bridgehead atoms. The van der Waals surface area contributed by atoms with Gasteiger partial charge in [-0.1, -0.05) is 37.8 Å². The van der Waals surface area contributed by atoms with Crippen molar-refractivity contribution in [3.05, 3.63) is 53.7 Å². The molecule has 0 atom stereocenters. The van der Waals surface area contributed by atoms with Gasteiger partial charge in [0.15, 0.2) is 6.29 Å². The summed E-state index contributed by atoms with van der Waals surface area (Å²) < 4.78 is 5.72. The molecule has 4 nitrogen and oxygen atoms in total. The third kappa shape index (κ3) is 6.31. The highest BCUT2D eigenvalue weighted by atomic mass is 16.5. The summed E-state index contributed by atoms with van der Waals surface area (Å²) in [6.07, 6.45) is 10.3. The fourth-order valence-corrected chi connectivity index (χ4v) is 3.06. The predicted octanol–water partition coefficient (Wildman–Crippen LogP) is 4.96. The summed E-state index contributed by atoms with van der Waals surface area (Å²) in [6.45, 7) is 0. The van der Waals surface area contributed by atoms with E-state index in [2.05, 4.69) is 22.4 Å². The lowest BCUT2D eigenvalue weighted by molar-refractivity contribution is 0.112. The fraction of sp³-hybridized carbons (Fsp3) is 0.429. The molecule has 1 aliphatic carbocycles. The highest BCUT2D eigenvalue weighted by molar-refractivity contribution is 5.74. The Hall–Kier alpha value is -2.20. The highest BCUT2D eigenvalue weighted by Crippen LogP contribution is 2.32. The Morgan fingerprint density at radius 1 is 1.00 bits per heavy atom. The van der Waals surface area contributed by atoms with Crippen LogP contribution in [0.25, 0.3) is 0 Å². The minimum Gasteiger partial charge on any atom is -0.439 e. The molecule has 1 heterocycles. The average molecular weight is 340 g/mol. The Balaban J connectivity index is 0.000000701. The van der Waals surface area contributed by atoms with Crippen LogP contribution in [0, 0.1) is 0 Å². The summed E-state index contributed by atoms with van der Waals surface area (Å²) in [5.74, 6) is 1.98. The number of nitrogens with zero attached hydrogens (tertiary/aromatic N) is 1. The van der Waals surface area contributed by atoms with E-state index >= 15 is 0 Å². The van der Waals surface area contributed by atoms with Crippen LogP contribution in [0.1, 0.15) is 60.4 Å². The fourth-order valence-electron chi connectivity index (χ4n) is 3.06. The standard InChI is InChI=1S/C19H21NO2.C2H7N/c21-14-15-7-12-19(20-13-15)22-18-10-8-17(9-11-18)16-5-3-1-2-4-6-16;1-3-2/h7-14,16H,1-6H2;3H,1-2H3. The van der Waals surface area contributed by atoms with Crippen molar-refractivity contribution in [3.8, 4) is 11.6 Å². The van der Waals surface area contributed by atoms with Crippen molar-refractivity contribution in [2.45, 2.75) is 44.4 Å². The Morgan fingerprint density at radius 3 is 2.16 bits per heavy atom. The van der Waals surface area contributed by atoms with E-state index in [-0.39, 0.29) is 0 Å². The summed E-state index contributed by atoms with van der Waals surface area (Å²) in [7, 11) is 3.75. The highest BCUT2D eigenvalue weighted by Gasteiger charge is 2.14. The van der Waals surface area contributed by atoms with Crippen LogP contribution >= 0.6 is 0 Å². The SMILES string of the molecule is CNC.O=Cc1ccc(Oc2ccc(C3CCCCCC3)cc2)nc1. The van der Waals surface area contributed by atoms with Gasteiger partial charge in [-0.3, -0.25) is 4.79 Å². The number of hydrogen-bond acceptors (Lipinski definition) is 4. The Labute approximate surface area is 150 Å². The molecule has 1 aromatic heterocycles. The molecule has 1 saturated carbocycles. The maximum absolute atomic E-state index is 10.6. The van der Waals surface area contributed by atoms with Crippen LogP contribution in [0.2, 0.25) is 0 Å². The van der Waals surface area contributed by atoms with E-state index in [9.17, 15) is 4.79 Å². The van der Waals surface area contributed by atoms with Gasteiger partial charge in [0.25, 0.3) is 0 Å². The van der Waals surface area contributed by atoms with Crippen molar-refractivity contribution in [1.82, 2.24) is 10.3 Å². The summed E-state index contributed by atoms with van der Waals surface area (Å²) in [5.41, 5.74) is 1.97. The Kier molecular flexibility index (Phi) is 8.13. The molecule has 2 aromatic rings. The van der Waals surface area contributed by atoms with Crippen molar-refractivity contribution in [1.29, 1.82) is 0 Å². The monoisotopic (exact) mass is 340 g/mol. The third-order valence-electron chi connectivity index (χ3n) is 4.32. The molecule has 0 amide bonds. The Bertz CT molecular complexity index is 615. The number of carbonyl (C=O) groups excluding carboxylic acids is 1. The maximum Gasteiger partial charge on any atom is 0.219 e. The lowest BCUT2D eigenvalue weighted by Gasteiger charge is -2.15. The number of aldehydes is 1. The number of pyridine rings is 1. The number of nitrogens with one attached hydrogen (secondary N) is 1. The van der Waals surface area contributed by atoms with Crippen LogP contribution in [0.15, 0.2) is 42.6 Å². The number of rotatable bonds is 4. The molecule has 134 valence electrons. The van der Waals surface area contributed by atoms with Gasteiger partial charge in [0.1, 0.15) is 5.75 Å². The van der Waals surface area contributed by atoms with Gasteiger partial charge in [0, 0.05) is 17.8 Å². The predicted molar refractivity (Wildman–Crippen MR) is 102 cm³/mol. The number of benzene rings is 1. The van der Waals surface area contributed by atoms with Gasteiger partial charge in [0.2, 0.25) is 5.88 Å². The molecule has 0 aliphatic heterocycles. The maximum atomic E-state index is 10.6. The van der Waals surface area contributed by atoms with E-state index in [4.69, 9.17) is 4.74 Å². The summed E-state index contributed by atoms with van der Waals surface area (Å²) in [6, 6.07) is 11.8. The van der Waals surface area contributed by atoms with E-state index in [1.165, 1.54) is 50.3 Å². The average Bonchev–Trinajstić information content (AvgIpc) is 2.93. The number of hydrogen-bond donors (Lipinski definition) is 1. The van der Waals surface area contributed by atoms with Crippen LogP contribution in [0.4, 0.5) is 0 Å². The first-order valence-electron chi connectivity index (χ1n) is 9.04. The smallest absolute Gasteiger partial charge is 0.219 e. The van der Waals surface area contributed by atoms with Crippen molar-refractivity contribution in [2.24, 2.45) is 0 Å². The van der Waals surface area contributed by atoms with Crippen LogP contribution in [-0.4, -0.2) is 25.4 Å². The quantitative estimate of drug-likeness (QED) is 0.631. The molecule has 0 unspecified atom stereocenters. The number of ether oxygens (including phenoxy) is 1. The van der Waals surface area contributed by atoms with Crippen LogP contribution in [0.5, 0.6) is 11.6 Å². The molecule has 4 heteroatoms. The molecule has 0 saturated heterocycles. The topological polar surface area (TPSA) is 51.2 Å². The second-order valence-corrected chi connectivity index (χ2v) is 6.41. The molecular weight excluding hydrogens is 312 g/mol. The van der Waals surface area contributed by atoms with Crippen LogP contribution in [-0.2, 0) is 0 Å². The van der Waals surface area contributed by atoms with Gasteiger partial charge in [0.05, 0.1) is 0 Å². The van der Waals surface area contributed by atoms with Crippen molar-refractivity contribution in [3.63, 3.8) is 0 Å². The molecule has 1 N–H and O–H groups in total. The van der Waals surface area contributed by atoms with Crippen LogP contribution < -0.4 is 10.1 Å². The summed E-state index contributed by atoms with van der Waals surface area (Å²) >= 11 is 0. The first-order chi connectivity index (χ1) is 12.3. The van der Waals surface area contributed by atoms with Crippen molar-refractivity contribution < 1.29 is 9.53 Å². The summed E-state index contributed by atoms with van der Waals surface area (Å²) in [4.78, 5) is 14.7. The zero-order valence-electron chi connectivity index (χ0n) is 15.2. The van der Waals surface area contributed by atoms with Gasteiger partial charge >= 0.3 is 0 Å². The Morgan fingerprint density at radius 2 is 1.64 bits per heavy atom.